The average Bonchev–Trinajstić information content (AvgIpc) is 2.67. The maximum Gasteiger partial charge on any atom is 0.254 e. The van der Waals surface area contributed by atoms with Crippen LogP contribution in [-0.4, -0.2) is 17.4 Å². The van der Waals surface area contributed by atoms with Crippen LogP contribution in [0.4, 0.5) is 4.39 Å². The van der Waals surface area contributed by atoms with Gasteiger partial charge in [-0.15, -0.1) is 0 Å². The number of nitrogens with zero attached hydrogens (tertiary/aromatic N) is 1. The van der Waals surface area contributed by atoms with Crippen LogP contribution in [0, 0.1) is 12.7 Å². The van der Waals surface area contributed by atoms with Crippen molar-refractivity contribution in [1.29, 1.82) is 0 Å². The summed E-state index contributed by atoms with van der Waals surface area (Å²) in [5.74, 6) is -0.523. The number of rotatable bonds is 2. The number of halogens is 1. The van der Waals surface area contributed by atoms with Gasteiger partial charge in [0.05, 0.1) is 6.04 Å². The molecule has 1 heterocycles. The molecule has 0 N–H and O–H groups in total. The standard InChI is InChI=1S/C23H20FNO/c1-16-9-11-18(12-10-16)22-21-8-3-2-5-17(21)13-14-25(22)23(26)19-6-4-7-20(24)15-19/h2-12,15,22H,13-14H2,1H3/t22-/m0/s1. The topological polar surface area (TPSA) is 20.3 Å². The van der Waals surface area contributed by atoms with Gasteiger partial charge >= 0.3 is 0 Å². The van der Waals surface area contributed by atoms with Gasteiger partial charge in [0.15, 0.2) is 0 Å². The predicted octanol–water partition coefficient (Wildman–Crippen LogP) is 4.92. The molecule has 0 saturated heterocycles. The second-order valence-electron chi connectivity index (χ2n) is 6.77. The molecule has 1 amide bonds. The van der Waals surface area contributed by atoms with Crippen molar-refractivity contribution >= 4 is 5.91 Å². The molecule has 3 heteroatoms. The third kappa shape index (κ3) is 3.01. The molecule has 1 aliphatic heterocycles. The van der Waals surface area contributed by atoms with Gasteiger partial charge in [-0.1, -0.05) is 60.2 Å². The molecule has 0 aromatic heterocycles. The molecule has 0 saturated carbocycles. The predicted molar refractivity (Wildman–Crippen MR) is 101 cm³/mol. The second kappa shape index (κ2) is 6.75. The van der Waals surface area contributed by atoms with Crippen LogP contribution in [0.1, 0.15) is 38.7 Å². The van der Waals surface area contributed by atoms with Gasteiger partial charge in [-0.2, -0.15) is 0 Å². The van der Waals surface area contributed by atoms with Crippen molar-refractivity contribution in [3.8, 4) is 0 Å². The molecule has 4 rings (SSSR count). The molecule has 0 unspecified atom stereocenters. The van der Waals surface area contributed by atoms with Gasteiger partial charge < -0.3 is 4.90 Å². The van der Waals surface area contributed by atoms with Crippen molar-refractivity contribution in [2.24, 2.45) is 0 Å². The summed E-state index contributed by atoms with van der Waals surface area (Å²) in [5.41, 5.74) is 5.06. The van der Waals surface area contributed by atoms with Crippen molar-refractivity contribution in [2.75, 3.05) is 6.54 Å². The summed E-state index contributed by atoms with van der Waals surface area (Å²) in [7, 11) is 0. The van der Waals surface area contributed by atoms with Crippen LogP contribution < -0.4 is 0 Å². The SMILES string of the molecule is Cc1ccc([C@H]2c3ccccc3CCN2C(=O)c2cccc(F)c2)cc1. The highest BCUT2D eigenvalue weighted by molar-refractivity contribution is 5.95. The van der Waals surface area contributed by atoms with Gasteiger partial charge in [-0.25, -0.2) is 4.39 Å². The molecule has 0 fully saturated rings. The smallest absolute Gasteiger partial charge is 0.254 e. The van der Waals surface area contributed by atoms with Crippen LogP contribution in [0.25, 0.3) is 0 Å². The molecule has 2 nitrogen and oxygen atoms in total. The summed E-state index contributed by atoms with van der Waals surface area (Å²) in [4.78, 5) is 15.0. The van der Waals surface area contributed by atoms with Crippen molar-refractivity contribution in [1.82, 2.24) is 4.90 Å². The van der Waals surface area contributed by atoms with E-state index in [0.717, 1.165) is 17.5 Å². The number of benzene rings is 3. The fourth-order valence-electron chi connectivity index (χ4n) is 3.68. The van der Waals surface area contributed by atoms with Gasteiger partial charge in [0.2, 0.25) is 0 Å². The lowest BCUT2D eigenvalue weighted by molar-refractivity contribution is 0.0694. The van der Waals surface area contributed by atoms with E-state index < -0.39 is 0 Å². The molecule has 26 heavy (non-hydrogen) atoms. The first-order chi connectivity index (χ1) is 12.6. The minimum atomic E-state index is -0.389. The lowest BCUT2D eigenvalue weighted by Gasteiger charge is -2.38. The second-order valence-corrected chi connectivity index (χ2v) is 6.77. The Morgan fingerprint density at radius 3 is 2.54 bits per heavy atom. The number of carbonyl (C=O) groups is 1. The molecule has 3 aromatic carbocycles. The number of fused-ring (bicyclic) bond motifs is 1. The Labute approximate surface area is 152 Å². The fraction of sp³-hybridized carbons (Fsp3) is 0.174. The van der Waals surface area contributed by atoms with E-state index in [1.54, 1.807) is 12.1 Å². The van der Waals surface area contributed by atoms with Crippen molar-refractivity contribution in [2.45, 2.75) is 19.4 Å². The summed E-state index contributed by atoms with van der Waals surface area (Å²) in [6, 6.07) is 22.3. The molecular formula is C23H20FNO. The number of carbonyl (C=O) groups excluding carboxylic acids is 1. The Hall–Kier alpha value is -2.94. The molecule has 1 atom stereocenters. The Morgan fingerprint density at radius 1 is 1.00 bits per heavy atom. The lowest BCUT2D eigenvalue weighted by Crippen LogP contribution is -2.40. The minimum absolute atomic E-state index is 0.135. The average molecular weight is 345 g/mol. The highest BCUT2D eigenvalue weighted by Crippen LogP contribution is 2.36. The normalized spacial score (nSPS) is 16.2. The Kier molecular flexibility index (Phi) is 4.29. The van der Waals surface area contributed by atoms with Crippen LogP contribution in [0.15, 0.2) is 72.8 Å². The van der Waals surface area contributed by atoms with Gasteiger partial charge in [0.25, 0.3) is 5.91 Å². The highest BCUT2D eigenvalue weighted by atomic mass is 19.1. The van der Waals surface area contributed by atoms with E-state index in [1.165, 1.54) is 23.3 Å². The monoisotopic (exact) mass is 345 g/mol. The van der Waals surface area contributed by atoms with Crippen LogP contribution in [-0.2, 0) is 6.42 Å². The Balaban J connectivity index is 1.80. The zero-order valence-corrected chi connectivity index (χ0v) is 14.7. The minimum Gasteiger partial charge on any atom is -0.327 e. The summed E-state index contributed by atoms with van der Waals surface area (Å²) in [5, 5.41) is 0. The fourth-order valence-corrected chi connectivity index (χ4v) is 3.68. The number of hydrogen-bond donors (Lipinski definition) is 0. The van der Waals surface area contributed by atoms with Crippen molar-refractivity contribution < 1.29 is 9.18 Å². The molecular weight excluding hydrogens is 325 g/mol. The van der Waals surface area contributed by atoms with E-state index in [9.17, 15) is 9.18 Å². The Bertz CT molecular complexity index is 948. The van der Waals surface area contributed by atoms with E-state index in [-0.39, 0.29) is 17.8 Å². The lowest BCUT2D eigenvalue weighted by atomic mass is 9.87. The third-order valence-corrected chi connectivity index (χ3v) is 5.01. The first-order valence-corrected chi connectivity index (χ1v) is 8.84. The summed E-state index contributed by atoms with van der Waals surface area (Å²) in [6.07, 6.45) is 0.805. The van der Waals surface area contributed by atoms with E-state index >= 15 is 0 Å². The zero-order valence-electron chi connectivity index (χ0n) is 14.7. The summed E-state index contributed by atoms with van der Waals surface area (Å²) < 4.78 is 13.6. The van der Waals surface area contributed by atoms with Crippen molar-refractivity contribution in [3.05, 3.63) is 106 Å². The first kappa shape index (κ1) is 16.5. The zero-order chi connectivity index (χ0) is 18.1. The molecule has 0 radical (unpaired) electrons. The maximum absolute atomic E-state index is 13.6. The van der Waals surface area contributed by atoms with Gasteiger partial charge in [-0.3, -0.25) is 4.79 Å². The number of aryl methyl sites for hydroxylation is 1. The Morgan fingerprint density at radius 2 is 1.77 bits per heavy atom. The van der Waals surface area contributed by atoms with Crippen LogP contribution in [0.2, 0.25) is 0 Å². The first-order valence-electron chi connectivity index (χ1n) is 8.84. The summed E-state index contributed by atoms with van der Waals surface area (Å²) in [6.45, 7) is 2.67. The third-order valence-electron chi connectivity index (χ3n) is 5.01. The molecule has 0 spiro atoms. The van der Waals surface area contributed by atoms with Gasteiger partial charge in [0.1, 0.15) is 5.82 Å². The van der Waals surface area contributed by atoms with E-state index in [1.807, 2.05) is 24.0 Å². The molecule has 0 aliphatic carbocycles. The van der Waals surface area contributed by atoms with Crippen LogP contribution in [0.3, 0.4) is 0 Å². The molecule has 1 aliphatic rings. The molecule has 130 valence electrons. The van der Waals surface area contributed by atoms with E-state index in [2.05, 4.69) is 36.4 Å². The number of amides is 1. The molecule has 3 aromatic rings. The van der Waals surface area contributed by atoms with E-state index in [4.69, 9.17) is 0 Å². The maximum atomic E-state index is 13.6. The molecule has 0 bridgehead atoms. The van der Waals surface area contributed by atoms with Crippen LogP contribution in [0.5, 0.6) is 0 Å². The number of hydrogen-bond acceptors (Lipinski definition) is 1. The van der Waals surface area contributed by atoms with E-state index in [0.29, 0.717) is 12.1 Å². The highest BCUT2D eigenvalue weighted by Gasteiger charge is 2.32. The summed E-state index contributed by atoms with van der Waals surface area (Å²) >= 11 is 0. The van der Waals surface area contributed by atoms with Gasteiger partial charge in [-0.05, 0) is 48.2 Å². The van der Waals surface area contributed by atoms with Crippen LogP contribution >= 0.6 is 0 Å². The quantitative estimate of drug-likeness (QED) is 0.645. The van der Waals surface area contributed by atoms with Gasteiger partial charge in [0, 0.05) is 12.1 Å². The van der Waals surface area contributed by atoms with Crippen molar-refractivity contribution in [3.63, 3.8) is 0 Å². The largest absolute Gasteiger partial charge is 0.327 e.